The molecule has 0 radical (unpaired) electrons. The second kappa shape index (κ2) is 19.1. The fourth-order valence-corrected chi connectivity index (χ4v) is 3.56. The molecule has 0 bridgehead atoms. The van der Waals surface area contributed by atoms with Crippen LogP contribution in [0.2, 0.25) is 0 Å². The van der Waals surface area contributed by atoms with Crippen LogP contribution in [0.25, 0.3) is 0 Å². The number of carbonyl (C=O) groups is 1. The fourth-order valence-electron chi connectivity index (χ4n) is 3.56. The molecule has 0 spiro atoms. The number of hydrogen-bond donors (Lipinski definition) is 1. The molecule has 1 N–H and O–H groups in total. The van der Waals surface area contributed by atoms with E-state index in [0.29, 0.717) is 12.5 Å². The first kappa shape index (κ1) is 26.2. The Labute approximate surface area is 185 Å². The molecule has 1 rings (SSSR count). The first-order valence-corrected chi connectivity index (χ1v) is 12.0. The van der Waals surface area contributed by atoms with Crippen LogP contribution < -0.4 is 5.32 Å². The Bertz CT molecular complexity index is 571. The first-order chi connectivity index (χ1) is 14.7. The molecule has 3 nitrogen and oxygen atoms in total. The van der Waals surface area contributed by atoms with E-state index in [4.69, 9.17) is 0 Å². The number of nitrogens with zero attached hydrogens (tertiary/aromatic N) is 1. The Morgan fingerprint density at radius 1 is 0.900 bits per heavy atom. The summed E-state index contributed by atoms with van der Waals surface area (Å²) in [6, 6.07) is 0.659. The van der Waals surface area contributed by atoms with E-state index in [2.05, 4.69) is 84.9 Å². The molecule has 1 aliphatic rings. The third-order valence-electron chi connectivity index (χ3n) is 5.40. The molecule has 1 fully saturated rings. The van der Waals surface area contributed by atoms with Crippen molar-refractivity contribution in [3.8, 4) is 0 Å². The maximum Gasteiger partial charge on any atom is 0.220 e. The molecule has 1 atom stereocenters. The van der Waals surface area contributed by atoms with Gasteiger partial charge in [-0.1, -0.05) is 67.7 Å². The van der Waals surface area contributed by atoms with Crippen LogP contribution in [0.5, 0.6) is 0 Å². The minimum atomic E-state index is 0.197. The number of unbranched alkanes of at least 4 members (excludes halogenated alkanes) is 1. The normalized spacial score (nSPS) is 18.3. The predicted octanol–water partition coefficient (Wildman–Crippen LogP) is 6.51. The van der Waals surface area contributed by atoms with Crippen molar-refractivity contribution >= 4 is 5.91 Å². The molecule has 168 valence electrons. The molecule has 3 heteroatoms. The highest BCUT2D eigenvalue weighted by Gasteiger charge is 2.20. The van der Waals surface area contributed by atoms with Gasteiger partial charge in [0.2, 0.25) is 5.91 Å². The molecule has 30 heavy (non-hydrogen) atoms. The molecule has 0 aromatic rings. The molecular formula is C27H44N2O. The molecule has 1 saturated heterocycles. The molecule has 0 aliphatic carbocycles. The van der Waals surface area contributed by atoms with Crippen LogP contribution in [0, 0.1) is 0 Å². The zero-order valence-electron chi connectivity index (χ0n) is 19.4. The second-order valence-electron chi connectivity index (χ2n) is 8.02. The largest absolute Gasteiger partial charge is 0.356 e. The summed E-state index contributed by atoms with van der Waals surface area (Å²) in [6.07, 6.45) is 33.4. The SMILES string of the molecule is CCC=CCC=CCC=CCC=CCC=CCCCC(=O)NCCC1CCCN1C. The number of rotatable bonds is 16. The van der Waals surface area contributed by atoms with E-state index in [1.165, 1.54) is 19.4 Å². The number of likely N-dealkylation sites (tertiary alicyclic amines) is 1. The van der Waals surface area contributed by atoms with Crippen LogP contribution in [0.4, 0.5) is 0 Å². The van der Waals surface area contributed by atoms with Gasteiger partial charge in [-0.25, -0.2) is 0 Å². The van der Waals surface area contributed by atoms with Gasteiger partial charge in [-0.3, -0.25) is 4.79 Å². The lowest BCUT2D eigenvalue weighted by molar-refractivity contribution is -0.121. The molecule has 1 unspecified atom stereocenters. The first-order valence-electron chi connectivity index (χ1n) is 12.0. The summed E-state index contributed by atoms with van der Waals surface area (Å²) in [5.41, 5.74) is 0. The van der Waals surface area contributed by atoms with Crippen molar-refractivity contribution < 1.29 is 4.79 Å². The summed E-state index contributed by atoms with van der Waals surface area (Å²) < 4.78 is 0. The van der Waals surface area contributed by atoms with Crippen molar-refractivity contribution in [1.29, 1.82) is 0 Å². The van der Waals surface area contributed by atoms with Crippen molar-refractivity contribution in [2.75, 3.05) is 20.1 Å². The molecule has 1 heterocycles. The smallest absolute Gasteiger partial charge is 0.220 e. The summed E-state index contributed by atoms with van der Waals surface area (Å²) in [5.74, 6) is 0.197. The Kier molecular flexibility index (Phi) is 16.7. The van der Waals surface area contributed by atoms with Crippen LogP contribution in [-0.2, 0) is 4.79 Å². The van der Waals surface area contributed by atoms with Crippen molar-refractivity contribution in [2.45, 2.75) is 83.6 Å². The topological polar surface area (TPSA) is 32.3 Å². The lowest BCUT2D eigenvalue weighted by Gasteiger charge is -2.19. The Morgan fingerprint density at radius 3 is 2.00 bits per heavy atom. The van der Waals surface area contributed by atoms with E-state index >= 15 is 0 Å². The third-order valence-corrected chi connectivity index (χ3v) is 5.40. The van der Waals surface area contributed by atoms with Crippen molar-refractivity contribution in [2.24, 2.45) is 0 Å². The van der Waals surface area contributed by atoms with Crippen LogP contribution in [0.1, 0.15) is 77.6 Å². The quantitative estimate of drug-likeness (QED) is 0.231. The molecule has 0 aromatic carbocycles. The van der Waals surface area contributed by atoms with Crippen LogP contribution in [-0.4, -0.2) is 37.0 Å². The lowest BCUT2D eigenvalue weighted by Crippen LogP contribution is -2.31. The van der Waals surface area contributed by atoms with Gasteiger partial charge in [-0.15, -0.1) is 0 Å². The molecule has 1 amide bonds. The van der Waals surface area contributed by atoms with Gasteiger partial charge in [0.15, 0.2) is 0 Å². The predicted molar refractivity (Wildman–Crippen MR) is 132 cm³/mol. The Morgan fingerprint density at radius 2 is 1.47 bits per heavy atom. The van der Waals surface area contributed by atoms with E-state index in [1.807, 2.05) is 0 Å². The van der Waals surface area contributed by atoms with Gasteiger partial charge in [-0.05, 0) is 77.8 Å². The summed E-state index contributed by atoms with van der Waals surface area (Å²) in [7, 11) is 2.19. The van der Waals surface area contributed by atoms with Gasteiger partial charge in [-0.2, -0.15) is 0 Å². The monoisotopic (exact) mass is 412 g/mol. The van der Waals surface area contributed by atoms with Crippen molar-refractivity contribution in [1.82, 2.24) is 10.2 Å². The average Bonchev–Trinajstić information content (AvgIpc) is 3.15. The van der Waals surface area contributed by atoms with Crippen LogP contribution >= 0.6 is 0 Å². The minimum Gasteiger partial charge on any atom is -0.356 e. The number of allylic oxidation sites excluding steroid dienone is 10. The Hall–Kier alpha value is -1.87. The Balaban J connectivity index is 1.91. The summed E-state index contributed by atoms with van der Waals surface area (Å²) in [4.78, 5) is 14.3. The van der Waals surface area contributed by atoms with E-state index in [1.54, 1.807) is 0 Å². The van der Waals surface area contributed by atoms with Gasteiger partial charge in [0, 0.05) is 19.0 Å². The maximum absolute atomic E-state index is 11.9. The number of amides is 1. The van der Waals surface area contributed by atoms with Crippen LogP contribution in [0.15, 0.2) is 60.8 Å². The van der Waals surface area contributed by atoms with Crippen molar-refractivity contribution in [3.05, 3.63) is 60.8 Å². The fraction of sp³-hybridized carbons (Fsp3) is 0.593. The number of hydrogen-bond acceptors (Lipinski definition) is 2. The van der Waals surface area contributed by atoms with E-state index in [0.717, 1.165) is 57.9 Å². The lowest BCUT2D eigenvalue weighted by atomic mass is 10.1. The highest BCUT2D eigenvalue weighted by atomic mass is 16.1. The average molecular weight is 413 g/mol. The zero-order valence-corrected chi connectivity index (χ0v) is 19.4. The summed E-state index contributed by atoms with van der Waals surface area (Å²) >= 11 is 0. The van der Waals surface area contributed by atoms with E-state index in [9.17, 15) is 4.79 Å². The van der Waals surface area contributed by atoms with Gasteiger partial charge in [0.25, 0.3) is 0 Å². The highest BCUT2D eigenvalue weighted by molar-refractivity contribution is 5.75. The minimum absolute atomic E-state index is 0.197. The van der Waals surface area contributed by atoms with Gasteiger partial charge in [0.1, 0.15) is 0 Å². The molecular weight excluding hydrogens is 368 g/mol. The van der Waals surface area contributed by atoms with Gasteiger partial charge < -0.3 is 10.2 Å². The molecule has 0 saturated carbocycles. The summed E-state index contributed by atoms with van der Waals surface area (Å²) in [6.45, 7) is 4.17. The van der Waals surface area contributed by atoms with E-state index in [-0.39, 0.29) is 5.91 Å². The van der Waals surface area contributed by atoms with Gasteiger partial charge >= 0.3 is 0 Å². The second-order valence-corrected chi connectivity index (χ2v) is 8.02. The van der Waals surface area contributed by atoms with Crippen molar-refractivity contribution in [3.63, 3.8) is 0 Å². The van der Waals surface area contributed by atoms with Crippen LogP contribution in [0.3, 0.4) is 0 Å². The van der Waals surface area contributed by atoms with E-state index < -0.39 is 0 Å². The van der Waals surface area contributed by atoms with Gasteiger partial charge in [0.05, 0.1) is 0 Å². The molecule has 0 aromatic heterocycles. The summed E-state index contributed by atoms with van der Waals surface area (Å²) in [5, 5.41) is 3.07. The maximum atomic E-state index is 11.9. The third kappa shape index (κ3) is 15.0. The molecule has 1 aliphatic heterocycles. The zero-order chi connectivity index (χ0) is 21.7. The highest BCUT2D eigenvalue weighted by Crippen LogP contribution is 2.16. The number of nitrogens with one attached hydrogen (secondary N) is 1. The number of carbonyl (C=O) groups excluding carboxylic acids is 1. The standard InChI is InChI=1S/C27H44N2O/c1-3-4-5-6-7-8-9-10-11-12-13-14-15-16-17-18-19-22-27(30)28-24-23-26-21-20-25-29(26)2/h4-5,7-8,10-11,13-14,16-17,26H,3,6,9,12,15,18-25H2,1-2H3,(H,28,30).